The first-order valence-electron chi connectivity index (χ1n) is 31.2. The first-order chi connectivity index (χ1) is 33.4. The quantitative estimate of drug-likeness (QED) is 0.0442. The summed E-state index contributed by atoms with van der Waals surface area (Å²) in [6, 6.07) is 0. The summed E-state index contributed by atoms with van der Waals surface area (Å²) < 4.78 is 36.0. The van der Waals surface area contributed by atoms with Crippen molar-refractivity contribution in [2.75, 3.05) is 37.0 Å². The number of rotatable bonds is 54. The van der Waals surface area contributed by atoms with E-state index in [1.54, 1.807) is 0 Å². The fraction of sp³-hybridized carbons (Fsp3) is 1.00. The molecule has 0 radical (unpaired) electrons. The molecule has 0 atom stereocenters. The van der Waals surface area contributed by atoms with Gasteiger partial charge in [0, 0.05) is 22.1 Å². The van der Waals surface area contributed by atoms with Gasteiger partial charge in [-0.15, -0.1) is 0 Å². The average molecular weight is 1100 g/mol. The summed E-state index contributed by atoms with van der Waals surface area (Å²) in [5, 5.41) is 0. The molecule has 0 aromatic heterocycles. The monoisotopic (exact) mass is 1090 g/mol. The van der Waals surface area contributed by atoms with Gasteiger partial charge in [-0.1, -0.05) is 311 Å². The third kappa shape index (κ3) is 71.2. The third-order valence-electron chi connectivity index (χ3n) is 14.1. The summed E-state index contributed by atoms with van der Waals surface area (Å²) in [6.07, 6.45) is 61.2. The maximum Gasteiger partial charge on any atom is 3.00 e. The molecule has 0 bridgehead atoms. The number of unbranched alkanes of at least 4 members (excludes halogenated alkanes) is 42. The van der Waals surface area contributed by atoms with E-state index < -0.39 is 22.1 Å². The minimum atomic E-state index is -3.07. The fourth-order valence-corrected chi connectivity index (χ4v) is 14.2. The Morgan fingerprint density at radius 1 is 0.186 bits per heavy atom. The Bertz CT molecular complexity index is 905. The summed E-state index contributed by atoms with van der Waals surface area (Å²) in [6.45, 7) is 13.4. The predicted molar refractivity (Wildman–Crippen MR) is 308 cm³/mol. The summed E-state index contributed by atoms with van der Waals surface area (Å²) in [7, 11) is -9.22. The SMILES string of the molecule is CCCCCCCCCCP(=O)([O-])CCCCCCCCCC.CCCCCCCCCCP(=O)([O-])CCCCCCCCCC.CCCCCCCCCCP(=O)([O-])CCCCCCCCCC.[Co+3]. The maximum atomic E-state index is 12.0. The van der Waals surface area contributed by atoms with E-state index in [0.29, 0.717) is 37.0 Å². The molecule has 0 fully saturated rings. The molecular formula is C60H126CoO6P3. The first kappa shape index (κ1) is 77.6. The molecule has 0 aliphatic rings. The molecule has 0 heterocycles. The van der Waals surface area contributed by atoms with E-state index in [2.05, 4.69) is 41.5 Å². The molecule has 0 aliphatic carbocycles. The van der Waals surface area contributed by atoms with E-state index in [-0.39, 0.29) is 16.8 Å². The van der Waals surface area contributed by atoms with E-state index in [4.69, 9.17) is 0 Å². The van der Waals surface area contributed by atoms with E-state index in [0.717, 1.165) is 77.0 Å². The molecule has 0 rings (SSSR count). The molecule has 10 heteroatoms. The molecule has 0 N–H and O–H groups in total. The number of hydrogen-bond donors (Lipinski definition) is 0. The molecule has 0 aromatic carbocycles. The molecule has 0 spiro atoms. The van der Waals surface area contributed by atoms with Gasteiger partial charge in [0.2, 0.25) is 0 Å². The molecular weight excluding hydrogens is 969 g/mol. The van der Waals surface area contributed by atoms with E-state index in [9.17, 15) is 28.4 Å². The van der Waals surface area contributed by atoms with Crippen LogP contribution in [0.15, 0.2) is 0 Å². The van der Waals surface area contributed by atoms with Crippen LogP contribution in [0.4, 0.5) is 0 Å². The van der Waals surface area contributed by atoms with Crippen LogP contribution >= 0.6 is 22.1 Å². The third-order valence-corrected chi connectivity index (χ3v) is 20.1. The van der Waals surface area contributed by atoms with Crippen LogP contribution in [0.25, 0.3) is 0 Å². The van der Waals surface area contributed by atoms with Crippen molar-refractivity contribution >= 4 is 22.1 Å². The van der Waals surface area contributed by atoms with Crippen LogP contribution in [0.5, 0.6) is 0 Å². The van der Waals surface area contributed by atoms with Crippen molar-refractivity contribution in [1.29, 1.82) is 0 Å². The molecule has 0 aromatic rings. The van der Waals surface area contributed by atoms with E-state index in [1.807, 2.05) is 0 Å². The smallest absolute Gasteiger partial charge is 0.799 e. The first-order valence-corrected chi connectivity index (χ1v) is 37.2. The van der Waals surface area contributed by atoms with Gasteiger partial charge in [-0.3, -0.25) is 0 Å². The van der Waals surface area contributed by atoms with Crippen molar-refractivity contribution in [2.24, 2.45) is 0 Å². The normalized spacial score (nSPS) is 11.8. The zero-order valence-corrected chi connectivity index (χ0v) is 52.0. The number of hydrogen-bond acceptors (Lipinski definition) is 6. The van der Waals surface area contributed by atoms with Crippen LogP contribution in [-0.4, -0.2) is 37.0 Å². The molecule has 70 heavy (non-hydrogen) atoms. The molecule has 6 nitrogen and oxygen atoms in total. The van der Waals surface area contributed by atoms with Gasteiger partial charge in [0.15, 0.2) is 0 Å². The Kier molecular flexibility index (Phi) is 69.4. The largest absolute Gasteiger partial charge is 3.00 e. The predicted octanol–water partition coefficient (Wildman–Crippen LogP) is 20.7. The van der Waals surface area contributed by atoms with Crippen molar-refractivity contribution in [1.82, 2.24) is 0 Å². The second kappa shape index (κ2) is 62.6. The van der Waals surface area contributed by atoms with Gasteiger partial charge in [0.1, 0.15) is 0 Å². The van der Waals surface area contributed by atoms with Crippen molar-refractivity contribution in [3.63, 3.8) is 0 Å². The van der Waals surface area contributed by atoms with Crippen LogP contribution in [0.3, 0.4) is 0 Å². The van der Waals surface area contributed by atoms with Gasteiger partial charge in [0.25, 0.3) is 0 Å². The van der Waals surface area contributed by atoms with Crippen LogP contribution in [0.2, 0.25) is 0 Å². The minimum absolute atomic E-state index is 0. The van der Waals surface area contributed by atoms with Crippen molar-refractivity contribution in [3.05, 3.63) is 0 Å². The Hall–Kier alpha value is 1.08. The van der Waals surface area contributed by atoms with Crippen molar-refractivity contribution in [3.8, 4) is 0 Å². The van der Waals surface area contributed by atoms with Gasteiger partial charge in [-0.2, -0.15) is 0 Å². The Morgan fingerprint density at radius 2 is 0.271 bits per heavy atom. The topological polar surface area (TPSA) is 120 Å². The van der Waals surface area contributed by atoms with Crippen molar-refractivity contribution in [2.45, 2.75) is 350 Å². The maximum absolute atomic E-state index is 12.0. The zero-order valence-electron chi connectivity index (χ0n) is 48.3. The summed E-state index contributed by atoms with van der Waals surface area (Å²) in [5.41, 5.74) is 0. The van der Waals surface area contributed by atoms with E-state index in [1.165, 1.54) is 231 Å². The molecule has 0 amide bonds. The summed E-state index contributed by atoms with van der Waals surface area (Å²) >= 11 is 0. The standard InChI is InChI=1S/3C20H43O2P.Co/c3*1-3-5-7-9-11-13-15-17-19-23(21,22)20-18-16-14-12-10-8-6-4-2;/h3*3-20H2,1-2H3,(H,21,22);/q;;;+3/p-3. The fourth-order valence-electron chi connectivity index (χ4n) is 9.25. The van der Waals surface area contributed by atoms with Gasteiger partial charge >= 0.3 is 16.8 Å². The van der Waals surface area contributed by atoms with Gasteiger partial charge < -0.3 is 28.4 Å². The minimum Gasteiger partial charge on any atom is -0.799 e. The Balaban J connectivity index is -0.000000463. The summed E-state index contributed by atoms with van der Waals surface area (Å²) in [5.74, 6) is 0. The van der Waals surface area contributed by atoms with Crippen LogP contribution < -0.4 is 14.7 Å². The van der Waals surface area contributed by atoms with Gasteiger partial charge in [-0.25, -0.2) is 0 Å². The van der Waals surface area contributed by atoms with Crippen LogP contribution in [0.1, 0.15) is 350 Å². The van der Waals surface area contributed by atoms with Gasteiger partial charge in [0.05, 0.1) is 0 Å². The Morgan fingerprint density at radius 3 is 0.371 bits per heavy atom. The van der Waals surface area contributed by atoms with Gasteiger partial charge in [-0.05, 0) is 75.5 Å². The average Bonchev–Trinajstić information content (AvgIpc) is 3.32. The second-order valence-corrected chi connectivity index (χ2v) is 29.2. The molecule has 0 saturated carbocycles. The molecule has 0 saturated heterocycles. The molecule has 426 valence electrons. The van der Waals surface area contributed by atoms with Crippen LogP contribution in [-0.2, 0) is 30.5 Å². The van der Waals surface area contributed by atoms with Crippen molar-refractivity contribution < 1.29 is 45.2 Å². The van der Waals surface area contributed by atoms with Crippen LogP contribution in [0, 0.1) is 0 Å². The molecule has 0 unspecified atom stereocenters. The molecule has 0 aliphatic heterocycles. The summed E-state index contributed by atoms with van der Waals surface area (Å²) in [4.78, 5) is 36.0. The Labute approximate surface area is 451 Å². The van der Waals surface area contributed by atoms with E-state index >= 15 is 0 Å². The second-order valence-electron chi connectivity index (χ2n) is 21.6. The zero-order chi connectivity index (χ0) is 51.7.